The zero-order valence-electron chi connectivity index (χ0n) is 12.9. The summed E-state index contributed by atoms with van der Waals surface area (Å²) in [6, 6.07) is 0. The number of rotatable bonds is 3. The average Bonchev–Trinajstić information content (AvgIpc) is 2.24. The van der Waals surface area contributed by atoms with E-state index in [0.29, 0.717) is 0 Å². The van der Waals surface area contributed by atoms with Gasteiger partial charge in [0.15, 0.2) is 0 Å². The van der Waals surface area contributed by atoms with Crippen LogP contribution in [0.15, 0.2) is 23.8 Å². The van der Waals surface area contributed by atoms with Crippen LogP contribution < -0.4 is 37.2 Å². The van der Waals surface area contributed by atoms with Crippen molar-refractivity contribution in [3.8, 4) is 0 Å². The summed E-state index contributed by atoms with van der Waals surface area (Å²) in [4.78, 5) is 0. The molecule has 1 unspecified atom stereocenters. The predicted octanol–water partition coefficient (Wildman–Crippen LogP) is -4.19. The average molecular weight is 395 g/mol. The zero-order chi connectivity index (χ0) is 12.8. The largest absolute Gasteiger partial charge is 1.00 e. The van der Waals surface area contributed by atoms with E-state index in [1.165, 1.54) is 0 Å². The van der Waals surface area contributed by atoms with Crippen molar-refractivity contribution in [3.05, 3.63) is 23.8 Å². The third-order valence-electron chi connectivity index (χ3n) is 3.32. The van der Waals surface area contributed by atoms with E-state index in [9.17, 15) is 0 Å². The van der Waals surface area contributed by atoms with E-state index in [2.05, 4.69) is 81.9 Å². The summed E-state index contributed by atoms with van der Waals surface area (Å²) in [6.07, 6.45) is 6.98. The molecule has 6 heteroatoms. The van der Waals surface area contributed by atoms with E-state index in [4.69, 9.17) is 0 Å². The van der Waals surface area contributed by atoms with Gasteiger partial charge in [0, 0.05) is 0 Å². The molecule has 0 N–H and O–H groups in total. The van der Waals surface area contributed by atoms with Crippen LogP contribution in [0.25, 0.3) is 0 Å². The third-order valence-corrected chi connectivity index (χ3v) is 13.2. The normalized spacial score (nSPS) is 22.3. The molecule has 0 aromatic carbocycles. The number of halogens is 3. The molecule has 19 heavy (non-hydrogen) atoms. The van der Waals surface area contributed by atoms with Crippen molar-refractivity contribution in [2.24, 2.45) is 0 Å². The summed E-state index contributed by atoms with van der Waals surface area (Å²) < 4.78 is 0.234. The molecule has 0 aromatic heterocycles. The van der Waals surface area contributed by atoms with Crippen LogP contribution in [-0.4, -0.2) is 16.1 Å². The van der Waals surface area contributed by atoms with E-state index in [1.807, 2.05) is 0 Å². The van der Waals surface area contributed by atoms with E-state index in [0.717, 1.165) is 5.16 Å². The first kappa shape index (κ1) is 25.3. The Morgan fingerprint density at radius 1 is 0.947 bits per heavy atom. The molecule has 0 spiro atoms. The molecule has 1 rings (SSSR count). The summed E-state index contributed by atoms with van der Waals surface area (Å²) in [6.45, 7) is 17.5. The van der Waals surface area contributed by atoms with E-state index in [1.54, 1.807) is 5.57 Å². The standard InChI is InChI=1S/C13H25Si2.3ClH.V/c1-11-9-8-10-12(11)13(14(2,3)4)15(5,6)7;;;;/h8-10,13H,1-7H3;3*1H;/q;;;;+3/p-3. The minimum atomic E-state index is -1.13. The SMILES string of the molecule is C[C]1([V+3])C=CC=C1C([Si](C)(C)C)[Si](C)(C)C.[Cl-].[Cl-].[Cl-]. The van der Waals surface area contributed by atoms with Gasteiger partial charge in [-0.1, -0.05) is 0 Å². The first-order chi connectivity index (χ1) is 6.96. The van der Waals surface area contributed by atoms with Crippen molar-refractivity contribution in [2.75, 3.05) is 0 Å². The Hall–Kier alpha value is 1.37. The van der Waals surface area contributed by atoms with Gasteiger partial charge in [0.25, 0.3) is 0 Å². The van der Waals surface area contributed by atoms with Gasteiger partial charge in [0.05, 0.1) is 0 Å². The van der Waals surface area contributed by atoms with Crippen molar-refractivity contribution in [1.82, 2.24) is 0 Å². The first-order valence-corrected chi connectivity index (χ1v) is 13.9. The Bertz CT molecular complexity index is 325. The molecule has 0 aromatic rings. The smallest absolute Gasteiger partial charge is 1.00 e. The van der Waals surface area contributed by atoms with E-state index < -0.39 is 16.1 Å². The van der Waals surface area contributed by atoms with Crippen molar-refractivity contribution >= 4 is 16.1 Å². The number of hydrogen-bond donors (Lipinski definition) is 0. The fourth-order valence-electron chi connectivity index (χ4n) is 3.22. The Labute approximate surface area is 149 Å². The molecular weight excluding hydrogens is 370 g/mol. The minimum Gasteiger partial charge on any atom is -1.00 e. The second kappa shape index (κ2) is 8.12. The Kier molecular flexibility index (Phi) is 10.8. The minimum absolute atomic E-state index is 0. The molecule has 111 valence electrons. The zero-order valence-corrected chi connectivity index (χ0v) is 18.6. The van der Waals surface area contributed by atoms with Gasteiger partial charge in [-0.25, -0.2) is 0 Å². The fourth-order valence-corrected chi connectivity index (χ4v) is 17.1. The molecule has 0 saturated heterocycles. The van der Waals surface area contributed by atoms with Gasteiger partial charge in [-0.05, 0) is 0 Å². The van der Waals surface area contributed by atoms with Crippen molar-refractivity contribution in [1.29, 1.82) is 0 Å². The quantitative estimate of drug-likeness (QED) is 0.426. The van der Waals surface area contributed by atoms with Gasteiger partial charge in [0.2, 0.25) is 0 Å². The maximum atomic E-state index is 2.88. The van der Waals surface area contributed by atoms with Crippen LogP contribution >= 0.6 is 0 Å². The molecule has 0 nitrogen and oxygen atoms in total. The van der Waals surface area contributed by atoms with Gasteiger partial charge < -0.3 is 37.2 Å². The Balaban J connectivity index is -0.000000853. The molecule has 0 bridgehead atoms. The van der Waals surface area contributed by atoms with Gasteiger partial charge in [0.1, 0.15) is 0 Å². The van der Waals surface area contributed by atoms with Crippen LogP contribution in [-0.2, 0) is 17.4 Å². The molecule has 0 fully saturated rings. The molecular formula is C13H25Cl3Si2V. The number of allylic oxidation sites excluding steroid dienone is 4. The van der Waals surface area contributed by atoms with Gasteiger partial charge in [-0.3, -0.25) is 0 Å². The van der Waals surface area contributed by atoms with Crippen molar-refractivity contribution in [3.63, 3.8) is 0 Å². The molecule has 0 aliphatic heterocycles. The van der Waals surface area contributed by atoms with Crippen LogP contribution in [0.3, 0.4) is 0 Å². The molecule has 0 saturated carbocycles. The van der Waals surface area contributed by atoms with Crippen LogP contribution in [0, 0.1) is 0 Å². The molecule has 1 aliphatic carbocycles. The Morgan fingerprint density at radius 3 is 1.53 bits per heavy atom. The second-order valence-corrected chi connectivity index (χ2v) is 19.9. The summed E-state index contributed by atoms with van der Waals surface area (Å²) in [7, 11) is -2.26. The second-order valence-electron chi connectivity index (χ2n) is 7.29. The summed E-state index contributed by atoms with van der Waals surface area (Å²) in [5.41, 5.74) is 1.69. The van der Waals surface area contributed by atoms with E-state index in [-0.39, 0.29) is 41.3 Å². The Morgan fingerprint density at radius 2 is 1.32 bits per heavy atom. The molecule has 0 radical (unpaired) electrons. The number of hydrogen-bond acceptors (Lipinski definition) is 0. The molecule has 1 aliphatic rings. The van der Waals surface area contributed by atoms with Gasteiger partial charge in [-0.2, -0.15) is 0 Å². The predicted molar refractivity (Wildman–Crippen MR) is 76.0 cm³/mol. The maximum Gasteiger partial charge on any atom is -1.00 e. The monoisotopic (exact) mass is 393 g/mol. The summed E-state index contributed by atoms with van der Waals surface area (Å²) in [5.74, 6) is 0. The van der Waals surface area contributed by atoms with Crippen LogP contribution in [0.1, 0.15) is 6.92 Å². The maximum absolute atomic E-state index is 2.88. The summed E-state index contributed by atoms with van der Waals surface area (Å²) in [5, 5.41) is 0.878. The van der Waals surface area contributed by atoms with Crippen molar-refractivity contribution < 1.29 is 54.6 Å². The van der Waals surface area contributed by atoms with Gasteiger partial charge in [-0.15, -0.1) is 0 Å². The van der Waals surface area contributed by atoms with Crippen LogP contribution in [0.2, 0.25) is 48.6 Å². The van der Waals surface area contributed by atoms with Crippen LogP contribution in [0.5, 0.6) is 0 Å². The fraction of sp³-hybridized carbons (Fsp3) is 0.692. The van der Waals surface area contributed by atoms with Gasteiger partial charge >= 0.3 is 113 Å². The van der Waals surface area contributed by atoms with Crippen molar-refractivity contribution in [2.45, 2.75) is 55.5 Å². The third kappa shape index (κ3) is 6.34. The topological polar surface area (TPSA) is 0 Å². The van der Waals surface area contributed by atoms with Crippen LogP contribution in [0.4, 0.5) is 0 Å². The molecule has 0 heterocycles. The van der Waals surface area contributed by atoms with E-state index >= 15 is 0 Å². The summed E-state index contributed by atoms with van der Waals surface area (Å²) >= 11 is 2.88. The molecule has 0 amide bonds. The first-order valence-electron chi connectivity index (χ1n) is 6.08. The molecule has 1 atom stereocenters.